The van der Waals surface area contributed by atoms with Gasteiger partial charge in [-0.05, 0) is 44.7 Å². The minimum atomic E-state index is -0.415. The van der Waals surface area contributed by atoms with Crippen LogP contribution in [0, 0.1) is 6.92 Å². The van der Waals surface area contributed by atoms with E-state index in [4.69, 9.17) is 4.74 Å². The molecule has 21 heavy (non-hydrogen) atoms. The summed E-state index contributed by atoms with van der Waals surface area (Å²) >= 11 is 0. The molecule has 0 saturated carbocycles. The molecule has 4 heteroatoms. The van der Waals surface area contributed by atoms with Crippen molar-refractivity contribution in [1.29, 1.82) is 0 Å². The summed E-state index contributed by atoms with van der Waals surface area (Å²) in [6, 6.07) is 7.71. The molecular weight excluding hydrogens is 266 g/mol. The molecule has 4 nitrogen and oxygen atoms in total. The van der Waals surface area contributed by atoms with Gasteiger partial charge in [0.15, 0.2) is 0 Å². The lowest BCUT2D eigenvalue weighted by atomic mass is 9.82. The number of rotatable bonds is 1. The standard InChI is InChI=1S/C17H23NO3/c1-13-4-2-5-14(12-13)16(20)18-9-7-17(8-10-18)15(19)6-3-11-21-17/h2,4-5,12,15,19H,3,6-11H2,1H3/t15-/m0/s1. The van der Waals surface area contributed by atoms with E-state index in [0.29, 0.717) is 13.1 Å². The molecule has 0 radical (unpaired) electrons. The first-order valence-corrected chi connectivity index (χ1v) is 7.79. The molecule has 2 aliphatic heterocycles. The summed E-state index contributed by atoms with van der Waals surface area (Å²) in [5.74, 6) is 0.0823. The maximum atomic E-state index is 12.5. The molecule has 2 heterocycles. The van der Waals surface area contributed by atoms with Crippen molar-refractivity contribution in [3.8, 4) is 0 Å². The predicted octanol–water partition coefficient (Wildman–Crippen LogP) is 2.14. The van der Waals surface area contributed by atoms with E-state index in [1.165, 1.54) is 0 Å². The van der Waals surface area contributed by atoms with Crippen LogP contribution in [0.2, 0.25) is 0 Å². The van der Waals surface area contributed by atoms with E-state index in [1.54, 1.807) is 0 Å². The first kappa shape index (κ1) is 14.5. The van der Waals surface area contributed by atoms with E-state index in [2.05, 4.69) is 0 Å². The Morgan fingerprint density at radius 2 is 2.14 bits per heavy atom. The van der Waals surface area contributed by atoms with Crippen molar-refractivity contribution < 1.29 is 14.6 Å². The smallest absolute Gasteiger partial charge is 0.253 e. The van der Waals surface area contributed by atoms with E-state index in [0.717, 1.165) is 43.4 Å². The number of carbonyl (C=O) groups is 1. The average Bonchev–Trinajstić information content (AvgIpc) is 2.50. The Balaban J connectivity index is 1.67. The maximum Gasteiger partial charge on any atom is 0.253 e. The number of aliphatic hydroxyl groups is 1. The lowest BCUT2D eigenvalue weighted by Gasteiger charge is -2.46. The van der Waals surface area contributed by atoms with Gasteiger partial charge in [-0.25, -0.2) is 0 Å². The van der Waals surface area contributed by atoms with Crippen LogP contribution >= 0.6 is 0 Å². The second kappa shape index (κ2) is 5.78. The third kappa shape index (κ3) is 2.83. The van der Waals surface area contributed by atoms with Crippen LogP contribution in [-0.2, 0) is 4.74 Å². The summed E-state index contributed by atoms with van der Waals surface area (Å²) in [5.41, 5.74) is 1.43. The summed E-state index contributed by atoms with van der Waals surface area (Å²) in [6.45, 7) is 4.03. The zero-order valence-corrected chi connectivity index (χ0v) is 12.5. The Labute approximate surface area is 125 Å². The van der Waals surface area contributed by atoms with E-state index in [9.17, 15) is 9.90 Å². The first-order chi connectivity index (χ1) is 10.1. The number of amides is 1. The number of nitrogens with zero attached hydrogens (tertiary/aromatic N) is 1. The van der Waals surface area contributed by atoms with Gasteiger partial charge in [-0.2, -0.15) is 0 Å². The van der Waals surface area contributed by atoms with Crippen molar-refractivity contribution in [3.05, 3.63) is 35.4 Å². The molecule has 114 valence electrons. The third-order valence-electron chi connectivity index (χ3n) is 4.78. The van der Waals surface area contributed by atoms with E-state index in [-0.39, 0.29) is 12.0 Å². The monoisotopic (exact) mass is 289 g/mol. The summed E-state index contributed by atoms with van der Waals surface area (Å²) in [5, 5.41) is 10.2. The second-order valence-corrected chi connectivity index (χ2v) is 6.23. The molecule has 1 atom stereocenters. The van der Waals surface area contributed by atoms with Gasteiger partial charge in [0.25, 0.3) is 5.91 Å². The number of hydrogen-bond acceptors (Lipinski definition) is 3. The quantitative estimate of drug-likeness (QED) is 0.861. The predicted molar refractivity (Wildman–Crippen MR) is 80.2 cm³/mol. The van der Waals surface area contributed by atoms with Crippen molar-refractivity contribution in [1.82, 2.24) is 4.90 Å². The molecule has 0 aliphatic carbocycles. The number of hydrogen-bond donors (Lipinski definition) is 1. The fourth-order valence-electron chi connectivity index (χ4n) is 3.44. The zero-order valence-electron chi connectivity index (χ0n) is 12.5. The van der Waals surface area contributed by atoms with E-state index in [1.807, 2.05) is 36.1 Å². The summed E-state index contributed by atoms with van der Waals surface area (Å²) < 4.78 is 5.88. The number of piperidine rings is 1. The molecule has 0 aromatic heterocycles. The van der Waals surface area contributed by atoms with Crippen LogP contribution in [0.15, 0.2) is 24.3 Å². The molecule has 2 fully saturated rings. The van der Waals surface area contributed by atoms with Crippen molar-refractivity contribution in [2.45, 2.75) is 44.3 Å². The average molecular weight is 289 g/mol. The highest BCUT2D eigenvalue weighted by Gasteiger charge is 2.44. The fraction of sp³-hybridized carbons (Fsp3) is 0.588. The number of carbonyl (C=O) groups excluding carboxylic acids is 1. The van der Waals surface area contributed by atoms with Crippen LogP contribution in [-0.4, -0.2) is 47.3 Å². The Morgan fingerprint density at radius 3 is 2.81 bits per heavy atom. The van der Waals surface area contributed by atoms with Crippen LogP contribution in [0.1, 0.15) is 41.6 Å². The molecule has 0 unspecified atom stereocenters. The zero-order chi connectivity index (χ0) is 14.9. The molecule has 1 aromatic rings. The molecule has 0 bridgehead atoms. The van der Waals surface area contributed by atoms with Crippen molar-refractivity contribution in [2.75, 3.05) is 19.7 Å². The number of likely N-dealkylation sites (tertiary alicyclic amines) is 1. The summed E-state index contributed by atoms with van der Waals surface area (Å²) in [6.07, 6.45) is 2.81. The lowest BCUT2D eigenvalue weighted by molar-refractivity contribution is -0.174. The van der Waals surface area contributed by atoms with Gasteiger partial charge in [0.05, 0.1) is 11.7 Å². The molecule has 1 amide bonds. The lowest BCUT2D eigenvalue weighted by Crippen LogP contribution is -2.56. The van der Waals surface area contributed by atoms with Gasteiger partial charge in [0.1, 0.15) is 0 Å². The topological polar surface area (TPSA) is 49.8 Å². The van der Waals surface area contributed by atoms with Crippen LogP contribution < -0.4 is 0 Å². The molecule has 3 rings (SSSR count). The Morgan fingerprint density at radius 1 is 1.38 bits per heavy atom. The second-order valence-electron chi connectivity index (χ2n) is 6.23. The minimum absolute atomic E-state index is 0.0823. The molecule has 1 aromatic carbocycles. The van der Waals surface area contributed by atoms with Gasteiger partial charge in [0, 0.05) is 25.3 Å². The number of aryl methyl sites for hydroxylation is 1. The van der Waals surface area contributed by atoms with Crippen LogP contribution in [0.4, 0.5) is 0 Å². The minimum Gasteiger partial charge on any atom is -0.390 e. The summed E-state index contributed by atoms with van der Waals surface area (Å²) in [7, 11) is 0. The number of ether oxygens (including phenoxy) is 1. The van der Waals surface area contributed by atoms with Crippen LogP contribution in [0.3, 0.4) is 0 Å². The fourth-order valence-corrected chi connectivity index (χ4v) is 3.44. The molecular formula is C17H23NO3. The van der Waals surface area contributed by atoms with Gasteiger partial charge in [-0.3, -0.25) is 4.79 Å². The normalized spacial score (nSPS) is 25.0. The van der Waals surface area contributed by atoms with Gasteiger partial charge in [0.2, 0.25) is 0 Å². The van der Waals surface area contributed by atoms with Gasteiger partial charge < -0.3 is 14.7 Å². The Bertz CT molecular complexity index is 521. The Hall–Kier alpha value is -1.39. The third-order valence-corrected chi connectivity index (χ3v) is 4.78. The summed E-state index contributed by atoms with van der Waals surface area (Å²) in [4.78, 5) is 14.4. The van der Waals surface area contributed by atoms with E-state index < -0.39 is 5.60 Å². The van der Waals surface area contributed by atoms with Crippen molar-refractivity contribution >= 4 is 5.91 Å². The van der Waals surface area contributed by atoms with Crippen LogP contribution in [0.25, 0.3) is 0 Å². The van der Waals surface area contributed by atoms with Crippen LogP contribution in [0.5, 0.6) is 0 Å². The molecule has 2 aliphatic rings. The first-order valence-electron chi connectivity index (χ1n) is 7.79. The molecule has 1 spiro atoms. The molecule has 2 saturated heterocycles. The highest BCUT2D eigenvalue weighted by Crippen LogP contribution is 2.35. The van der Waals surface area contributed by atoms with Crippen molar-refractivity contribution in [3.63, 3.8) is 0 Å². The van der Waals surface area contributed by atoms with Crippen molar-refractivity contribution in [2.24, 2.45) is 0 Å². The SMILES string of the molecule is Cc1cccc(C(=O)N2CCC3(CC2)OCCC[C@@H]3O)c1. The van der Waals surface area contributed by atoms with E-state index >= 15 is 0 Å². The highest BCUT2D eigenvalue weighted by molar-refractivity contribution is 5.94. The highest BCUT2D eigenvalue weighted by atomic mass is 16.5. The number of benzene rings is 1. The van der Waals surface area contributed by atoms with Gasteiger partial charge >= 0.3 is 0 Å². The van der Waals surface area contributed by atoms with Gasteiger partial charge in [-0.1, -0.05) is 17.7 Å². The maximum absolute atomic E-state index is 12.5. The Kier molecular flexibility index (Phi) is 4.00. The largest absolute Gasteiger partial charge is 0.390 e. The van der Waals surface area contributed by atoms with Gasteiger partial charge in [-0.15, -0.1) is 0 Å². The number of aliphatic hydroxyl groups excluding tert-OH is 1. The molecule has 1 N–H and O–H groups in total.